The van der Waals surface area contributed by atoms with Gasteiger partial charge in [-0.3, -0.25) is 14.4 Å². The first-order valence-corrected chi connectivity index (χ1v) is 14.6. The van der Waals surface area contributed by atoms with E-state index in [0.29, 0.717) is 44.8 Å². The summed E-state index contributed by atoms with van der Waals surface area (Å²) in [5.74, 6) is 0.394. The van der Waals surface area contributed by atoms with E-state index in [1.165, 1.54) is 27.7 Å². The van der Waals surface area contributed by atoms with E-state index >= 15 is 0 Å². The molecule has 43 heavy (non-hydrogen) atoms. The summed E-state index contributed by atoms with van der Waals surface area (Å²) in [6, 6.07) is 27.1. The molecule has 0 fully saturated rings. The summed E-state index contributed by atoms with van der Waals surface area (Å²) in [7, 11) is 1.50. The molecule has 3 aromatic carbocycles. The van der Waals surface area contributed by atoms with Gasteiger partial charge in [-0.25, -0.2) is 0 Å². The first-order chi connectivity index (χ1) is 21.0. The van der Waals surface area contributed by atoms with Gasteiger partial charge < -0.3 is 14.6 Å². The van der Waals surface area contributed by atoms with Gasteiger partial charge >= 0.3 is 0 Å². The van der Waals surface area contributed by atoms with Crippen LogP contribution in [0.5, 0.6) is 5.75 Å². The number of benzene rings is 3. The van der Waals surface area contributed by atoms with Gasteiger partial charge in [0.15, 0.2) is 6.29 Å². The molecule has 0 aliphatic carbocycles. The Bertz CT molecular complexity index is 2040. The van der Waals surface area contributed by atoms with Crippen molar-refractivity contribution >= 4 is 51.7 Å². The van der Waals surface area contributed by atoms with Gasteiger partial charge in [0.25, 0.3) is 11.5 Å². The van der Waals surface area contributed by atoms with Gasteiger partial charge in [0, 0.05) is 22.7 Å². The van der Waals surface area contributed by atoms with Crippen LogP contribution in [0.4, 0.5) is 5.82 Å². The molecule has 0 saturated heterocycles. The molecule has 3 aromatic heterocycles. The lowest BCUT2D eigenvalue weighted by Gasteiger charge is -2.11. The molecule has 0 unspecified atom stereocenters. The van der Waals surface area contributed by atoms with Crippen molar-refractivity contribution in [2.24, 2.45) is 0 Å². The lowest BCUT2D eigenvalue weighted by Crippen LogP contribution is -2.22. The Morgan fingerprint density at radius 1 is 1.02 bits per heavy atom. The van der Waals surface area contributed by atoms with Crippen LogP contribution in [0.3, 0.4) is 0 Å². The summed E-state index contributed by atoms with van der Waals surface area (Å²) in [4.78, 5) is 40.5. The molecular formula is C33H25ClN4O4S. The number of aromatic nitrogens is 3. The van der Waals surface area contributed by atoms with Crippen molar-refractivity contribution in [3.05, 3.63) is 133 Å². The van der Waals surface area contributed by atoms with Crippen LogP contribution in [-0.4, -0.2) is 33.7 Å². The van der Waals surface area contributed by atoms with Crippen molar-refractivity contribution in [3.8, 4) is 17.0 Å². The first-order valence-electron chi connectivity index (χ1n) is 13.4. The molecule has 214 valence electrons. The topological polar surface area (TPSA) is 95.2 Å². The fraction of sp³-hybridized carbons (Fsp3) is 0.0909. The number of aldehydes is 1. The number of fused-ring (bicyclic) bond motifs is 1. The normalized spacial score (nSPS) is 11.0. The quantitative estimate of drug-likeness (QED) is 0.182. The van der Waals surface area contributed by atoms with E-state index < -0.39 is 5.91 Å². The maximum Gasteiger partial charge on any atom is 0.283 e. The first kappa shape index (κ1) is 28.1. The van der Waals surface area contributed by atoms with Crippen LogP contribution >= 0.6 is 22.9 Å². The van der Waals surface area contributed by atoms with Crippen molar-refractivity contribution in [2.75, 3.05) is 12.4 Å². The lowest BCUT2D eigenvalue weighted by molar-refractivity contribution is 0.0944. The number of hydrogen-bond donors (Lipinski definition) is 1. The molecule has 0 aliphatic rings. The zero-order valence-corrected chi connectivity index (χ0v) is 24.6. The number of nitrogens with one attached hydrogen (secondary N) is 1. The highest BCUT2D eigenvalue weighted by Gasteiger charge is 2.22. The standard InChI is InChI=1S/C33H25ClN4O4S/c1-42-29-11-5-4-9-26(29)33(41)38-31(35-18-23-14-15-30(34)43-23)17-28(36-38)25-10-6-16-37(32(25)40)19-22-13-12-21-7-2-3-8-24(21)27(22)20-39/h2-17,20,35H,18-19H2,1H3. The van der Waals surface area contributed by atoms with Crippen LogP contribution in [0.1, 0.15) is 31.2 Å². The van der Waals surface area contributed by atoms with Gasteiger partial charge in [-0.15, -0.1) is 11.3 Å². The second kappa shape index (κ2) is 12.1. The number of para-hydroxylation sites is 1. The summed E-state index contributed by atoms with van der Waals surface area (Å²) in [5, 5.41) is 9.64. The van der Waals surface area contributed by atoms with E-state index in [2.05, 4.69) is 10.4 Å². The maximum atomic E-state index is 13.8. The van der Waals surface area contributed by atoms with E-state index in [0.717, 1.165) is 27.5 Å². The Morgan fingerprint density at radius 3 is 2.63 bits per heavy atom. The number of pyridine rings is 1. The third-order valence-corrected chi connectivity index (χ3v) is 8.36. The fourth-order valence-electron chi connectivity index (χ4n) is 5.01. The molecule has 0 aliphatic heterocycles. The lowest BCUT2D eigenvalue weighted by atomic mass is 9.99. The van der Waals surface area contributed by atoms with Crippen LogP contribution in [0, 0.1) is 0 Å². The molecule has 6 rings (SSSR count). The van der Waals surface area contributed by atoms with Gasteiger partial charge in [0.1, 0.15) is 17.3 Å². The van der Waals surface area contributed by atoms with Crippen molar-refractivity contribution < 1.29 is 14.3 Å². The van der Waals surface area contributed by atoms with Gasteiger partial charge in [-0.05, 0) is 52.7 Å². The number of rotatable bonds is 9. The molecule has 8 nitrogen and oxygen atoms in total. The van der Waals surface area contributed by atoms with Gasteiger partial charge in [-0.1, -0.05) is 60.1 Å². The largest absolute Gasteiger partial charge is 0.496 e. The molecule has 0 spiro atoms. The van der Waals surface area contributed by atoms with E-state index in [1.54, 1.807) is 48.7 Å². The zero-order chi connectivity index (χ0) is 29.9. The molecule has 0 bridgehead atoms. The Morgan fingerprint density at radius 2 is 1.84 bits per heavy atom. The third-order valence-electron chi connectivity index (χ3n) is 7.13. The monoisotopic (exact) mass is 608 g/mol. The minimum atomic E-state index is -0.418. The zero-order valence-electron chi connectivity index (χ0n) is 23.0. The number of carbonyl (C=O) groups excluding carboxylic acids is 2. The molecule has 10 heteroatoms. The molecule has 6 aromatic rings. The van der Waals surface area contributed by atoms with Crippen LogP contribution in [0.25, 0.3) is 22.0 Å². The average molecular weight is 609 g/mol. The molecule has 0 saturated carbocycles. The number of ether oxygens (including phenoxy) is 1. The van der Waals surface area contributed by atoms with E-state index in [4.69, 9.17) is 16.3 Å². The summed E-state index contributed by atoms with van der Waals surface area (Å²) in [6.07, 6.45) is 2.50. The Hall–Kier alpha value is -4.99. The molecule has 3 heterocycles. The second-order valence-corrected chi connectivity index (χ2v) is 11.5. The minimum Gasteiger partial charge on any atom is -0.496 e. The number of halogens is 1. The van der Waals surface area contributed by atoms with E-state index in [-0.39, 0.29) is 12.1 Å². The Balaban J connectivity index is 1.39. The predicted molar refractivity (Wildman–Crippen MR) is 170 cm³/mol. The van der Waals surface area contributed by atoms with Gasteiger partial charge in [0.05, 0.1) is 35.7 Å². The SMILES string of the molecule is COc1ccccc1C(=O)n1nc(-c2cccn(Cc3ccc4ccccc4c3C=O)c2=O)cc1NCc1ccc(Cl)s1. The highest BCUT2D eigenvalue weighted by Crippen LogP contribution is 2.27. The highest BCUT2D eigenvalue weighted by molar-refractivity contribution is 7.16. The van der Waals surface area contributed by atoms with Gasteiger partial charge in [-0.2, -0.15) is 9.78 Å². The third kappa shape index (κ3) is 5.60. The summed E-state index contributed by atoms with van der Waals surface area (Å²) in [5.41, 5.74) is 1.92. The summed E-state index contributed by atoms with van der Waals surface area (Å²) in [6.45, 7) is 0.591. The smallest absolute Gasteiger partial charge is 0.283 e. The predicted octanol–water partition coefficient (Wildman–Crippen LogP) is 6.75. The summed E-state index contributed by atoms with van der Waals surface area (Å²) >= 11 is 7.53. The second-order valence-electron chi connectivity index (χ2n) is 9.72. The molecular weight excluding hydrogens is 584 g/mol. The number of carbonyl (C=O) groups is 2. The number of thiophene rings is 1. The van der Waals surface area contributed by atoms with Crippen LogP contribution in [0.15, 0.2) is 102 Å². The highest BCUT2D eigenvalue weighted by atomic mass is 35.5. The van der Waals surface area contributed by atoms with Crippen molar-refractivity contribution in [1.29, 1.82) is 0 Å². The van der Waals surface area contributed by atoms with Crippen LogP contribution in [0.2, 0.25) is 4.34 Å². The molecule has 0 atom stereocenters. The van der Waals surface area contributed by atoms with Crippen LogP contribution in [-0.2, 0) is 13.1 Å². The molecule has 0 amide bonds. The summed E-state index contributed by atoms with van der Waals surface area (Å²) < 4.78 is 8.85. The Labute approximate surface area is 255 Å². The molecule has 1 N–H and O–H groups in total. The number of nitrogens with zero attached hydrogens (tertiary/aromatic N) is 3. The average Bonchev–Trinajstić information content (AvgIpc) is 3.66. The minimum absolute atomic E-state index is 0.191. The number of methoxy groups -OCH3 is 1. The maximum absolute atomic E-state index is 13.8. The van der Waals surface area contributed by atoms with E-state index in [9.17, 15) is 14.4 Å². The number of hydrogen-bond acceptors (Lipinski definition) is 7. The van der Waals surface area contributed by atoms with Gasteiger partial charge in [0.2, 0.25) is 0 Å². The van der Waals surface area contributed by atoms with Crippen LogP contribution < -0.4 is 15.6 Å². The fourth-order valence-corrected chi connectivity index (χ4v) is 6.04. The van der Waals surface area contributed by atoms with Crippen molar-refractivity contribution in [3.63, 3.8) is 0 Å². The van der Waals surface area contributed by atoms with E-state index in [1.807, 2.05) is 48.5 Å². The number of anilines is 1. The van der Waals surface area contributed by atoms with Crippen molar-refractivity contribution in [1.82, 2.24) is 14.3 Å². The molecule has 0 radical (unpaired) electrons. The van der Waals surface area contributed by atoms with Crippen molar-refractivity contribution in [2.45, 2.75) is 13.1 Å². The Kier molecular flexibility index (Phi) is 7.91.